The molecule has 234 valence electrons. The number of rotatable bonds is 8. The van der Waals surface area contributed by atoms with Gasteiger partial charge in [-0.2, -0.15) is 0 Å². The van der Waals surface area contributed by atoms with E-state index in [9.17, 15) is 30.8 Å². The quantitative estimate of drug-likeness (QED) is 0.424. The summed E-state index contributed by atoms with van der Waals surface area (Å²) in [5.41, 5.74) is 1.16. The molecule has 0 saturated carbocycles. The number of sulfonamides is 2. The first kappa shape index (κ1) is 32.7. The predicted octanol–water partition coefficient (Wildman–Crippen LogP) is 2.28. The van der Waals surface area contributed by atoms with E-state index in [-0.39, 0.29) is 49.5 Å². The molecule has 2 aromatic carbocycles. The summed E-state index contributed by atoms with van der Waals surface area (Å²) in [6.45, 7) is 3.15. The number of hydrogen-bond donors (Lipinski definition) is 1. The number of benzene rings is 2. The highest BCUT2D eigenvalue weighted by atomic mass is 35.5. The first-order valence-corrected chi connectivity index (χ1v) is 17.2. The van der Waals surface area contributed by atoms with Crippen molar-refractivity contribution in [3.63, 3.8) is 0 Å². The molecule has 2 atom stereocenters. The molecule has 0 aromatic heterocycles. The second kappa shape index (κ2) is 12.8. The average Bonchev–Trinajstić information content (AvgIpc) is 2.87. The molecule has 12 nitrogen and oxygen atoms in total. The van der Waals surface area contributed by atoms with Crippen LogP contribution in [0.15, 0.2) is 42.5 Å². The Labute approximate surface area is 255 Å². The van der Waals surface area contributed by atoms with Gasteiger partial charge in [-0.25, -0.2) is 26.0 Å². The minimum absolute atomic E-state index is 0.0406. The topological polar surface area (TPSA) is 137 Å². The van der Waals surface area contributed by atoms with E-state index in [1.54, 1.807) is 12.1 Å². The highest BCUT2D eigenvalue weighted by Crippen LogP contribution is 2.33. The lowest BCUT2D eigenvalue weighted by molar-refractivity contribution is -0.140. The van der Waals surface area contributed by atoms with Crippen LogP contribution in [0.25, 0.3) is 6.08 Å². The molecule has 0 aliphatic carbocycles. The molecule has 0 radical (unpaired) electrons. The molecular weight excluding hydrogens is 625 g/mol. The Morgan fingerprint density at radius 2 is 1.63 bits per heavy atom. The molecular formula is C27H33ClFN5O7S2. The van der Waals surface area contributed by atoms with Crippen molar-refractivity contribution in [2.75, 3.05) is 58.2 Å². The number of anilines is 1. The van der Waals surface area contributed by atoms with Crippen LogP contribution in [-0.2, 0) is 31.4 Å². The molecule has 2 unspecified atom stereocenters. The van der Waals surface area contributed by atoms with Crippen LogP contribution in [0.1, 0.15) is 11.1 Å². The van der Waals surface area contributed by atoms with Gasteiger partial charge >= 0.3 is 6.03 Å². The normalized spacial score (nSPS) is 19.8. The van der Waals surface area contributed by atoms with Crippen LogP contribution in [0.5, 0.6) is 5.75 Å². The Balaban J connectivity index is 1.57. The van der Waals surface area contributed by atoms with Gasteiger partial charge in [-0.1, -0.05) is 23.7 Å². The number of likely N-dealkylation sites (N-methyl/N-ethyl adjacent to an activating group) is 1. The monoisotopic (exact) mass is 657 g/mol. The zero-order valence-electron chi connectivity index (χ0n) is 24.0. The first-order chi connectivity index (χ1) is 20.1. The number of ether oxygens (including phenoxy) is 1. The maximum absolute atomic E-state index is 13.6. The lowest BCUT2D eigenvalue weighted by Gasteiger charge is -2.52. The Morgan fingerprint density at radius 1 is 1.05 bits per heavy atom. The predicted molar refractivity (Wildman–Crippen MR) is 161 cm³/mol. The largest absolute Gasteiger partial charge is 0.495 e. The van der Waals surface area contributed by atoms with Crippen LogP contribution in [-0.4, -0.2) is 112 Å². The molecule has 0 spiro atoms. The van der Waals surface area contributed by atoms with E-state index in [1.807, 2.05) is 11.9 Å². The van der Waals surface area contributed by atoms with Gasteiger partial charge in [-0.3, -0.25) is 9.69 Å². The summed E-state index contributed by atoms with van der Waals surface area (Å²) < 4.78 is 66.6. The third kappa shape index (κ3) is 7.84. The Kier molecular flexibility index (Phi) is 9.71. The average molecular weight is 658 g/mol. The fourth-order valence-electron chi connectivity index (χ4n) is 5.49. The van der Waals surface area contributed by atoms with Crippen molar-refractivity contribution >= 4 is 55.3 Å². The van der Waals surface area contributed by atoms with Gasteiger partial charge in [0.15, 0.2) is 0 Å². The number of nitrogens with one attached hydrogen (secondary N) is 1. The van der Waals surface area contributed by atoms with Crippen LogP contribution in [0.3, 0.4) is 0 Å². The van der Waals surface area contributed by atoms with E-state index in [0.717, 1.165) is 5.56 Å². The van der Waals surface area contributed by atoms with E-state index in [0.29, 0.717) is 45.2 Å². The number of halogens is 2. The first-order valence-electron chi connectivity index (χ1n) is 13.1. The molecule has 2 saturated heterocycles. The molecule has 4 rings (SSSR count). The van der Waals surface area contributed by atoms with Gasteiger partial charge in [0.2, 0.25) is 26.0 Å². The molecule has 2 bridgehead atoms. The number of carbonyl (C=O) groups is 2. The molecule has 16 heteroatoms. The number of fused-ring (bicyclic) bond motifs is 2. The van der Waals surface area contributed by atoms with E-state index in [1.165, 1.54) is 43.5 Å². The molecule has 1 N–H and O–H groups in total. The van der Waals surface area contributed by atoms with Crippen molar-refractivity contribution in [3.05, 3.63) is 64.4 Å². The second-order valence-corrected chi connectivity index (χ2v) is 15.0. The molecule has 3 amide bonds. The van der Waals surface area contributed by atoms with Crippen LogP contribution < -0.4 is 10.1 Å². The van der Waals surface area contributed by atoms with Crippen molar-refractivity contribution in [2.24, 2.45) is 0 Å². The highest BCUT2D eigenvalue weighted by molar-refractivity contribution is 8.04. The van der Waals surface area contributed by atoms with Crippen molar-refractivity contribution < 1.29 is 35.6 Å². The van der Waals surface area contributed by atoms with Crippen LogP contribution in [0, 0.1) is 5.82 Å². The third-order valence-corrected chi connectivity index (χ3v) is 10.5. The minimum atomic E-state index is -4.49. The summed E-state index contributed by atoms with van der Waals surface area (Å²) in [6, 6.07) is 7.37. The number of urea groups is 1. The van der Waals surface area contributed by atoms with Crippen molar-refractivity contribution in [3.8, 4) is 5.75 Å². The summed E-state index contributed by atoms with van der Waals surface area (Å²) in [7, 11) is -5.60. The summed E-state index contributed by atoms with van der Waals surface area (Å²) in [4.78, 5) is 32.6. The number of hydrogen-bond acceptors (Lipinski definition) is 9. The molecule has 2 heterocycles. The SMILES string of the molecule is COc1cc(C=CC(=O)N2C3CN(C)CC2CN(Cc2ccc(F)cc2)C3)c(NC(=O)N(S(C)(=O)=O)S(C)(=O)=O)cc1Cl. The Morgan fingerprint density at radius 3 is 2.16 bits per heavy atom. The molecule has 2 aliphatic heterocycles. The summed E-state index contributed by atoms with van der Waals surface area (Å²) >= 11 is 6.23. The summed E-state index contributed by atoms with van der Waals surface area (Å²) in [5.74, 6) is -0.360. The smallest absolute Gasteiger partial charge is 0.349 e. The van der Waals surface area contributed by atoms with Gasteiger partial charge in [0.25, 0.3) is 0 Å². The standard InChI is InChI=1S/C27H33ClFN5O7S2/c1-31-14-21-16-32(13-18-5-8-20(29)9-6-18)17-22(15-31)33(21)26(35)10-7-19-11-25(41-2)23(28)12-24(19)30-27(36)34(42(3,37)38)43(4,39)40/h5-12,21-22H,13-17H2,1-4H3,(H,30,36). The van der Waals surface area contributed by atoms with Gasteiger partial charge in [-0.15, -0.1) is 3.71 Å². The number of amides is 3. The Bertz CT molecular complexity index is 1590. The zero-order chi connectivity index (χ0) is 31.7. The number of nitrogens with zero attached hydrogens (tertiary/aromatic N) is 4. The Hall–Kier alpha value is -3.24. The number of piperazine rings is 2. The van der Waals surface area contributed by atoms with Gasteiger partial charge in [0.05, 0.1) is 42.4 Å². The van der Waals surface area contributed by atoms with Crippen molar-refractivity contribution in [1.82, 2.24) is 18.4 Å². The van der Waals surface area contributed by atoms with Crippen molar-refractivity contribution in [2.45, 2.75) is 18.6 Å². The van der Waals surface area contributed by atoms with Gasteiger partial charge in [-0.05, 0) is 43.0 Å². The van der Waals surface area contributed by atoms with Crippen LogP contribution in [0.2, 0.25) is 5.02 Å². The van der Waals surface area contributed by atoms with E-state index in [2.05, 4.69) is 15.1 Å². The number of methoxy groups -OCH3 is 1. The lowest BCUT2D eigenvalue weighted by Crippen LogP contribution is -2.68. The maximum atomic E-state index is 13.6. The zero-order valence-corrected chi connectivity index (χ0v) is 26.4. The molecule has 43 heavy (non-hydrogen) atoms. The van der Waals surface area contributed by atoms with Crippen LogP contribution >= 0.6 is 11.6 Å². The summed E-state index contributed by atoms with van der Waals surface area (Å²) in [6.07, 6.45) is 3.93. The number of carbonyl (C=O) groups excluding carboxylic acids is 2. The third-order valence-electron chi connectivity index (χ3n) is 7.08. The van der Waals surface area contributed by atoms with Crippen molar-refractivity contribution in [1.29, 1.82) is 0 Å². The fourth-order valence-corrected chi connectivity index (χ4v) is 8.40. The van der Waals surface area contributed by atoms with Crippen LogP contribution in [0.4, 0.5) is 14.9 Å². The lowest BCUT2D eigenvalue weighted by atomic mass is 9.99. The summed E-state index contributed by atoms with van der Waals surface area (Å²) in [5, 5.41) is 2.33. The van der Waals surface area contributed by atoms with Gasteiger partial charge in [0, 0.05) is 44.4 Å². The second-order valence-electron chi connectivity index (χ2n) is 10.7. The fraction of sp³-hybridized carbons (Fsp3) is 0.407. The van der Waals surface area contributed by atoms with Gasteiger partial charge < -0.3 is 19.9 Å². The molecule has 2 aliphatic rings. The highest BCUT2D eigenvalue weighted by Gasteiger charge is 2.41. The minimum Gasteiger partial charge on any atom is -0.495 e. The molecule has 2 aromatic rings. The van der Waals surface area contributed by atoms with E-state index < -0.39 is 26.1 Å². The van der Waals surface area contributed by atoms with Gasteiger partial charge in [0.1, 0.15) is 11.6 Å². The van der Waals surface area contributed by atoms with E-state index >= 15 is 0 Å². The maximum Gasteiger partial charge on any atom is 0.349 e. The van der Waals surface area contributed by atoms with E-state index in [4.69, 9.17) is 16.3 Å². The molecule has 2 fully saturated rings.